The first-order chi connectivity index (χ1) is 24.1. The highest BCUT2D eigenvalue weighted by Gasteiger charge is 2.44. The van der Waals surface area contributed by atoms with Crippen LogP contribution in [0.1, 0.15) is 32.3 Å². The SMILES string of the molecule is CNC(=O)OCCCOc1ccc(C[C@H](NC(=O)O[C@H]2CO[C@H]3OCC[C@H]32)[C@@H](CN(CC(C)C)S(=O)(=O)c2ccc3c(c2)OCO3)N=O)cc1. The third-order valence-electron chi connectivity index (χ3n) is 8.46. The maximum absolute atomic E-state index is 14.0. The summed E-state index contributed by atoms with van der Waals surface area (Å²) in [5.74, 6) is 1.10. The number of fused-ring (bicyclic) bond motifs is 2. The smallest absolute Gasteiger partial charge is 0.407 e. The summed E-state index contributed by atoms with van der Waals surface area (Å²) in [7, 11) is -2.66. The molecule has 17 heteroatoms. The molecule has 3 aliphatic heterocycles. The van der Waals surface area contributed by atoms with E-state index in [0.717, 1.165) is 5.56 Å². The first-order valence-corrected chi connectivity index (χ1v) is 18.0. The number of nitrogens with one attached hydrogen (secondary N) is 2. The summed E-state index contributed by atoms with van der Waals surface area (Å²) in [6.07, 6.45) is -0.967. The fourth-order valence-corrected chi connectivity index (χ4v) is 7.56. The van der Waals surface area contributed by atoms with Crippen molar-refractivity contribution in [2.24, 2.45) is 17.0 Å². The van der Waals surface area contributed by atoms with Gasteiger partial charge in [-0.15, -0.1) is 0 Å². The van der Waals surface area contributed by atoms with Crippen LogP contribution in [0.3, 0.4) is 0 Å². The molecular weight excluding hydrogens is 676 g/mol. The monoisotopic (exact) mass is 720 g/mol. The van der Waals surface area contributed by atoms with Gasteiger partial charge in [0.1, 0.15) is 17.9 Å². The molecule has 0 radical (unpaired) electrons. The molecule has 16 nitrogen and oxygen atoms in total. The molecule has 0 unspecified atom stereocenters. The number of carbonyl (C=O) groups excluding carboxylic acids is 2. The van der Waals surface area contributed by atoms with Crippen molar-refractivity contribution in [2.75, 3.05) is 53.4 Å². The molecule has 3 heterocycles. The van der Waals surface area contributed by atoms with E-state index in [1.54, 1.807) is 24.3 Å². The van der Waals surface area contributed by atoms with Gasteiger partial charge >= 0.3 is 12.2 Å². The molecule has 0 bridgehead atoms. The highest BCUT2D eigenvalue weighted by Crippen LogP contribution is 2.35. The van der Waals surface area contributed by atoms with Gasteiger partial charge in [-0.05, 0) is 48.6 Å². The van der Waals surface area contributed by atoms with Crippen molar-refractivity contribution in [1.82, 2.24) is 14.9 Å². The van der Waals surface area contributed by atoms with Gasteiger partial charge in [0.15, 0.2) is 17.8 Å². The van der Waals surface area contributed by atoms with Gasteiger partial charge in [-0.3, -0.25) is 0 Å². The molecule has 2 fully saturated rings. The lowest BCUT2D eigenvalue weighted by atomic mass is 9.99. The predicted octanol–water partition coefficient (Wildman–Crippen LogP) is 3.42. The Morgan fingerprint density at radius 3 is 2.54 bits per heavy atom. The molecule has 50 heavy (non-hydrogen) atoms. The number of ether oxygens (including phenoxy) is 7. The Balaban J connectivity index is 1.31. The van der Waals surface area contributed by atoms with Crippen LogP contribution in [0.15, 0.2) is 52.5 Å². The summed E-state index contributed by atoms with van der Waals surface area (Å²) in [6, 6.07) is 9.21. The number of nitrogens with zero attached hydrogens (tertiary/aromatic N) is 2. The molecule has 0 spiro atoms. The Morgan fingerprint density at radius 1 is 1.02 bits per heavy atom. The fraction of sp³-hybridized carbons (Fsp3) is 0.576. The van der Waals surface area contributed by atoms with Crippen molar-refractivity contribution in [3.8, 4) is 17.2 Å². The van der Waals surface area contributed by atoms with Crippen LogP contribution in [0.4, 0.5) is 9.59 Å². The molecule has 0 saturated carbocycles. The number of amides is 2. The van der Waals surface area contributed by atoms with E-state index in [1.807, 2.05) is 13.8 Å². The molecule has 0 aromatic heterocycles. The summed E-state index contributed by atoms with van der Waals surface area (Å²) in [5, 5.41) is 8.52. The van der Waals surface area contributed by atoms with Crippen molar-refractivity contribution < 1.29 is 51.2 Å². The minimum atomic E-state index is -4.13. The van der Waals surface area contributed by atoms with E-state index >= 15 is 0 Å². The maximum atomic E-state index is 14.0. The third kappa shape index (κ3) is 9.53. The Labute approximate surface area is 291 Å². The molecule has 2 aromatic carbocycles. The van der Waals surface area contributed by atoms with Crippen molar-refractivity contribution in [2.45, 2.75) is 62.5 Å². The molecular formula is C33H44N4O12S. The zero-order valence-electron chi connectivity index (χ0n) is 28.3. The molecule has 2 N–H and O–H groups in total. The molecule has 5 atom stereocenters. The Bertz CT molecular complexity index is 1570. The first kappa shape index (κ1) is 37.1. The normalized spacial score (nSPS) is 20.6. The topological polar surface area (TPSA) is 190 Å². The lowest BCUT2D eigenvalue weighted by molar-refractivity contribution is -0.0907. The highest BCUT2D eigenvalue weighted by atomic mass is 32.2. The quantitative estimate of drug-likeness (QED) is 0.179. The van der Waals surface area contributed by atoms with E-state index in [9.17, 15) is 22.9 Å². The first-order valence-electron chi connectivity index (χ1n) is 16.6. The number of sulfonamides is 1. The second-order valence-corrected chi connectivity index (χ2v) is 14.5. The minimum absolute atomic E-state index is 0.0161. The van der Waals surface area contributed by atoms with Crippen molar-refractivity contribution in [1.29, 1.82) is 0 Å². The number of rotatable bonds is 17. The lowest BCUT2D eigenvalue weighted by Gasteiger charge is -2.30. The summed E-state index contributed by atoms with van der Waals surface area (Å²) >= 11 is 0. The van der Waals surface area contributed by atoms with E-state index in [-0.39, 0.29) is 56.2 Å². The van der Waals surface area contributed by atoms with Crippen LogP contribution in [-0.4, -0.2) is 103 Å². The predicted molar refractivity (Wildman–Crippen MR) is 177 cm³/mol. The van der Waals surface area contributed by atoms with E-state index < -0.39 is 46.7 Å². The standard InChI is InChI=1S/C33H44N4O12S/c1-21(2)17-37(50(41,42)24-9-10-28-29(16-24)48-20-47-28)18-27(36-40)26(35-33(39)49-30-19-46-31-25(30)11-14-44-31)15-22-5-7-23(8-6-22)43-12-4-13-45-32(38)34-3/h5-10,16,21,25-27,30-31H,4,11-15,17-20H2,1-3H3,(H,34,38)(H,35,39)/t25-,26-,27+,30-,31+/m0/s1. The van der Waals surface area contributed by atoms with Gasteiger partial charge in [0.05, 0.1) is 43.3 Å². The molecule has 5 rings (SSSR count). The van der Waals surface area contributed by atoms with Crippen molar-refractivity contribution in [3.05, 3.63) is 52.9 Å². The van der Waals surface area contributed by atoms with Gasteiger partial charge in [-0.2, -0.15) is 9.21 Å². The largest absolute Gasteiger partial charge is 0.493 e. The fourth-order valence-electron chi connectivity index (χ4n) is 5.92. The Kier molecular flexibility index (Phi) is 12.7. The van der Waals surface area contributed by atoms with Crippen LogP contribution >= 0.6 is 0 Å². The average Bonchev–Trinajstić information content (AvgIpc) is 3.85. The van der Waals surface area contributed by atoms with Crippen LogP contribution in [0.25, 0.3) is 0 Å². The van der Waals surface area contributed by atoms with Gasteiger partial charge in [-0.1, -0.05) is 31.2 Å². The van der Waals surface area contributed by atoms with E-state index in [1.165, 1.54) is 29.6 Å². The van der Waals surface area contributed by atoms with Gasteiger partial charge in [-0.25, -0.2) is 18.0 Å². The number of benzene rings is 2. The van der Waals surface area contributed by atoms with Gasteiger partial charge in [0.2, 0.25) is 16.8 Å². The molecule has 274 valence electrons. The summed E-state index contributed by atoms with van der Waals surface area (Å²) in [5.41, 5.74) is 0.724. The van der Waals surface area contributed by atoms with E-state index in [2.05, 4.69) is 15.8 Å². The van der Waals surface area contributed by atoms with Gasteiger partial charge in [0.25, 0.3) is 0 Å². The van der Waals surface area contributed by atoms with Crippen LogP contribution < -0.4 is 24.8 Å². The summed E-state index contributed by atoms with van der Waals surface area (Å²) in [4.78, 5) is 37.0. The minimum Gasteiger partial charge on any atom is -0.493 e. The second-order valence-electron chi connectivity index (χ2n) is 12.6. The van der Waals surface area contributed by atoms with Crippen LogP contribution in [0.2, 0.25) is 0 Å². The van der Waals surface area contributed by atoms with Gasteiger partial charge in [0, 0.05) is 32.6 Å². The highest BCUT2D eigenvalue weighted by molar-refractivity contribution is 7.89. The third-order valence-corrected chi connectivity index (χ3v) is 10.3. The summed E-state index contributed by atoms with van der Waals surface area (Å²) in [6.45, 7) is 4.67. The van der Waals surface area contributed by atoms with Crippen LogP contribution in [0, 0.1) is 16.7 Å². The van der Waals surface area contributed by atoms with Crippen molar-refractivity contribution >= 4 is 22.2 Å². The maximum Gasteiger partial charge on any atom is 0.407 e. The molecule has 2 aromatic rings. The van der Waals surface area contributed by atoms with E-state index in [4.69, 9.17) is 33.2 Å². The molecule has 3 aliphatic rings. The van der Waals surface area contributed by atoms with Crippen LogP contribution in [-0.2, 0) is 35.4 Å². The van der Waals surface area contributed by atoms with Gasteiger partial charge < -0.3 is 43.8 Å². The Hall–Kier alpha value is -4.19. The number of nitroso groups, excluding NO2 is 1. The molecule has 2 saturated heterocycles. The summed E-state index contributed by atoms with van der Waals surface area (Å²) < 4.78 is 67.5. The number of carbonyl (C=O) groups is 2. The molecule has 2 amide bonds. The van der Waals surface area contributed by atoms with E-state index in [0.29, 0.717) is 43.3 Å². The number of hydrogen-bond donors (Lipinski definition) is 2. The molecule has 0 aliphatic carbocycles. The zero-order valence-corrected chi connectivity index (χ0v) is 29.1. The van der Waals surface area contributed by atoms with Crippen LogP contribution in [0.5, 0.6) is 17.2 Å². The number of alkyl carbamates (subject to hydrolysis) is 2. The average molecular weight is 721 g/mol. The zero-order chi connectivity index (χ0) is 35.7. The Morgan fingerprint density at radius 2 is 1.80 bits per heavy atom. The second kappa shape index (κ2) is 17.2. The van der Waals surface area contributed by atoms with Crippen molar-refractivity contribution in [3.63, 3.8) is 0 Å². The number of hydrogen-bond acceptors (Lipinski definition) is 13. The lowest BCUT2D eigenvalue weighted by Crippen LogP contribution is -2.51.